The van der Waals surface area contributed by atoms with Crippen molar-refractivity contribution in [2.75, 3.05) is 17.7 Å². The Hall–Kier alpha value is -3.88. The number of amides is 3. The minimum atomic E-state index is -0.870. The molecular formula is C24H28FN3O5. The zero-order chi connectivity index (χ0) is 24.6. The van der Waals surface area contributed by atoms with Gasteiger partial charge in [0.15, 0.2) is 0 Å². The fourth-order valence-electron chi connectivity index (χ4n) is 2.58. The maximum Gasteiger partial charge on any atom is 0.412 e. The van der Waals surface area contributed by atoms with E-state index in [9.17, 15) is 18.8 Å². The van der Waals surface area contributed by atoms with Crippen molar-refractivity contribution in [2.24, 2.45) is 0 Å². The Bertz CT molecular complexity index is 1030. The molecule has 0 aromatic heterocycles. The first-order valence-corrected chi connectivity index (χ1v) is 10.2. The molecule has 33 heavy (non-hydrogen) atoms. The minimum absolute atomic E-state index is 0.152. The molecule has 0 heterocycles. The number of benzene rings is 2. The molecule has 0 aliphatic rings. The third-order valence-corrected chi connectivity index (χ3v) is 4.16. The number of nitrogens with one attached hydrogen (secondary N) is 3. The van der Waals surface area contributed by atoms with Gasteiger partial charge in [-0.2, -0.15) is 0 Å². The molecule has 0 saturated carbocycles. The number of hydrogen-bond donors (Lipinski definition) is 3. The lowest BCUT2D eigenvalue weighted by Crippen LogP contribution is -2.40. The van der Waals surface area contributed by atoms with E-state index in [0.29, 0.717) is 5.75 Å². The van der Waals surface area contributed by atoms with Crippen molar-refractivity contribution in [3.8, 4) is 5.75 Å². The molecule has 9 heteroatoms. The van der Waals surface area contributed by atoms with Crippen LogP contribution in [0.4, 0.5) is 20.6 Å². The SMILES string of the molecule is COc1ccc(C=CC(=O)NC(C)C(=O)Nc2ccc(F)c(NC(=O)OC(C)(C)C)c2)cc1. The van der Waals surface area contributed by atoms with Crippen LogP contribution in [0.2, 0.25) is 0 Å². The second kappa shape index (κ2) is 11.1. The van der Waals surface area contributed by atoms with Crippen molar-refractivity contribution in [3.63, 3.8) is 0 Å². The number of rotatable bonds is 7. The fraction of sp³-hybridized carbons (Fsp3) is 0.292. The number of halogens is 1. The number of carbonyl (C=O) groups excluding carboxylic acids is 3. The average Bonchev–Trinajstić information content (AvgIpc) is 2.73. The molecule has 8 nitrogen and oxygen atoms in total. The highest BCUT2D eigenvalue weighted by atomic mass is 19.1. The van der Waals surface area contributed by atoms with Crippen LogP contribution in [-0.2, 0) is 14.3 Å². The van der Waals surface area contributed by atoms with E-state index in [2.05, 4.69) is 16.0 Å². The first-order chi connectivity index (χ1) is 15.5. The quantitative estimate of drug-likeness (QED) is 0.537. The highest BCUT2D eigenvalue weighted by Gasteiger charge is 2.19. The Morgan fingerprint density at radius 3 is 2.30 bits per heavy atom. The summed E-state index contributed by atoms with van der Waals surface area (Å²) in [4.78, 5) is 36.4. The molecule has 2 aromatic carbocycles. The number of hydrogen-bond acceptors (Lipinski definition) is 5. The maximum atomic E-state index is 14.0. The van der Waals surface area contributed by atoms with Crippen LogP contribution in [0.25, 0.3) is 6.08 Å². The summed E-state index contributed by atoms with van der Waals surface area (Å²) in [5, 5.41) is 7.43. The van der Waals surface area contributed by atoms with Crippen LogP contribution in [0.3, 0.4) is 0 Å². The van der Waals surface area contributed by atoms with Gasteiger partial charge >= 0.3 is 6.09 Å². The largest absolute Gasteiger partial charge is 0.497 e. The topological polar surface area (TPSA) is 106 Å². The van der Waals surface area contributed by atoms with Crippen LogP contribution in [-0.4, -0.2) is 36.7 Å². The van der Waals surface area contributed by atoms with Crippen LogP contribution < -0.4 is 20.7 Å². The van der Waals surface area contributed by atoms with E-state index >= 15 is 0 Å². The van der Waals surface area contributed by atoms with Crippen molar-refractivity contribution in [2.45, 2.75) is 39.3 Å². The van der Waals surface area contributed by atoms with Gasteiger partial charge < -0.3 is 20.1 Å². The van der Waals surface area contributed by atoms with Gasteiger partial charge in [0.2, 0.25) is 11.8 Å². The molecule has 2 rings (SSSR count). The van der Waals surface area contributed by atoms with Crippen LogP contribution in [0.15, 0.2) is 48.5 Å². The van der Waals surface area contributed by atoms with Gasteiger partial charge in [-0.15, -0.1) is 0 Å². The lowest BCUT2D eigenvalue weighted by Gasteiger charge is -2.20. The fourth-order valence-corrected chi connectivity index (χ4v) is 2.58. The normalized spacial score (nSPS) is 12.1. The Kier molecular flexibility index (Phi) is 8.56. The van der Waals surface area contributed by atoms with Crippen LogP contribution in [0.5, 0.6) is 5.75 Å². The van der Waals surface area contributed by atoms with E-state index in [1.807, 2.05) is 0 Å². The predicted octanol–water partition coefficient (Wildman–Crippen LogP) is 4.34. The molecule has 1 atom stereocenters. The lowest BCUT2D eigenvalue weighted by atomic mass is 10.2. The van der Waals surface area contributed by atoms with Gasteiger partial charge in [0.25, 0.3) is 0 Å². The zero-order valence-corrected chi connectivity index (χ0v) is 19.2. The van der Waals surface area contributed by atoms with Gasteiger partial charge in [-0.05, 0) is 69.7 Å². The number of carbonyl (C=O) groups is 3. The van der Waals surface area contributed by atoms with Gasteiger partial charge in [0, 0.05) is 11.8 Å². The van der Waals surface area contributed by atoms with E-state index < -0.39 is 35.4 Å². The number of methoxy groups -OCH3 is 1. The molecule has 3 N–H and O–H groups in total. The molecule has 176 valence electrons. The van der Waals surface area contributed by atoms with Gasteiger partial charge in [-0.3, -0.25) is 14.9 Å². The molecule has 0 spiro atoms. The predicted molar refractivity (Wildman–Crippen MR) is 125 cm³/mol. The Morgan fingerprint density at radius 1 is 1.03 bits per heavy atom. The third-order valence-electron chi connectivity index (χ3n) is 4.16. The molecule has 2 aromatic rings. The summed E-state index contributed by atoms with van der Waals surface area (Å²) in [7, 11) is 1.56. The molecule has 0 radical (unpaired) electrons. The van der Waals surface area contributed by atoms with Crippen LogP contribution in [0.1, 0.15) is 33.3 Å². The van der Waals surface area contributed by atoms with E-state index in [1.165, 1.54) is 25.1 Å². The van der Waals surface area contributed by atoms with Crippen LogP contribution in [0, 0.1) is 5.82 Å². The number of ether oxygens (including phenoxy) is 2. The van der Waals surface area contributed by atoms with Gasteiger partial charge in [0.1, 0.15) is 23.2 Å². The summed E-state index contributed by atoms with van der Waals surface area (Å²) in [5.74, 6) is -0.966. The first-order valence-electron chi connectivity index (χ1n) is 10.2. The molecule has 0 aliphatic carbocycles. The monoisotopic (exact) mass is 457 g/mol. The van der Waals surface area contributed by atoms with Crippen molar-refractivity contribution in [3.05, 3.63) is 59.9 Å². The summed E-state index contributed by atoms with van der Waals surface area (Å²) in [6.07, 6.45) is 2.09. The van der Waals surface area contributed by atoms with Gasteiger partial charge in [0.05, 0.1) is 12.8 Å². The Balaban J connectivity index is 1.94. The van der Waals surface area contributed by atoms with Gasteiger partial charge in [-0.25, -0.2) is 9.18 Å². The van der Waals surface area contributed by atoms with Gasteiger partial charge in [-0.1, -0.05) is 12.1 Å². The Labute approximate surface area is 192 Å². The van der Waals surface area contributed by atoms with Crippen LogP contribution >= 0.6 is 0 Å². The summed E-state index contributed by atoms with van der Waals surface area (Å²) >= 11 is 0. The molecule has 3 amide bonds. The summed E-state index contributed by atoms with van der Waals surface area (Å²) in [6.45, 7) is 6.56. The average molecular weight is 458 g/mol. The summed E-state index contributed by atoms with van der Waals surface area (Å²) < 4.78 is 24.2. The number of anilines is 2. The van der Waals surface area contributed by atoms with Crippen molar-refractivity contribution in [1.29, 1.82) is 0 Å². The third kappa shape index (κ3) is 8.64. The highest BCUT2D eigenvalue weighted by molar-refractivity contribution is 6.00. The second-order valence-electron chi connectivity index (χ2n) is 8.15. The molecular weight excluding hydrogens is 429 g/mol. The first kappa shape index (κ1) is 25.4. The Morgan fingerprint density at radius 2 is 1.70 bits per heavy atom. The standard InChI is InChI=1S/C24H28FN3O5/c1-15(26-21(29)13-8-16-6-10-18(32-5)11-7-16)22(30)27-17-9-12-19(25)20(14-17)28-23(31)33-24(2,3)4/h6-15H,1-5H3,(H,26,29)(H,27,30)(H,28,31). The zero-order valence-electron chi connectivity index (χ0n) is 19.2. The van der Waals surface area contributed by atoms with E-state index in [-0.39, 0.29) is 11.4 Å². The maximum absolute atomic E-state index is 14.0. The molecule has 0 aliphatic heterocycles. The molecule has 0 fully saturated rings. The van der Waals surface area contributed by atoms with E-state index in [1.54, 1.807) is 58.2 Å². The summed E-state index contributed by atoms with van der Waals surface area (Å²) in [6, 6.07) is 9.94. The lowest BCUT2D eigenvalue weighted by molar-refractivity contribution is -0.123. The van der Waals surface area contributed by atoms with Crippen molar-refractivity contribution in [1.82, 2.24) is 5.32 Å². The minimum Gasteiger partial charge on any atom is -0.497 e. The molecule has 0 bridgehead atoms. The van der Waals surface area contributed by atoms with E-state index in [0.717, 1.165) is 11.6 Å². The van der Waals surface area contributed by atoms with Crippen molar-refractivity contribution < 1.29 is 28.2 Å². The molecule has 0 saturated heterocycles. The second-order valence-corrected chi connectivity index (χ2v) is 8.15. The van der Waals surface area contributed by atoms with E-state index in [4.69, 9.17) is 9.47 Å². The highest BCUT2D eigenvalue weighted by Crippen LogP contribution is 2.21. The summed E-state index contributed by atoms with van der Waals surface area (Å²) in [5.41, 5.74) is 0.129. The van der Waals surface area contributed by atoms with Crippen molar-refractivity contribution >= 4 is 35.4 Å². The smallest absolute Gasteiger partial charge is 0.412 e. The molecule has 1 unspecified atom stereocenters.